The number of carboxylic acid groups (broad SMARTS) is 1. The van der Waals surface area contributed by atoms with Gasteiger partial charge in [-0.15, -0.1) is 12.4 Å². The normalized spacial score (nSPS) is 21.9. The van der Waals surface area contributed by atoms with Crippen LogP contribution in [0, 0.1) is 11.7 Å². The Morgan fingerprint density at radius 1 is 1.07 bits per heavy atom. The number of fused-ring (bicyclic) bond motifs is 1. The molecule has 4 unspecified atom stereocenters. The number of halogens is 2. The average Bonchev–Trinajstić information content (AvgIpc) is 3.09. The molecule has 2 N–H and O–H groups in total. The van der Waals surface area contributed by atoms with Gasteiger partial charge in [0.1, 0.15) is 5.82 Å². The van der Waals surface area contributed by atoms with Crippen LogP contribution in [0.2, 0.25) is 0 Å². The highest BCUT2D eigenvalue weighted by Gasteiger charge is 2.38. The van der Waals surface area contributed by atoms with Crippen LogP contribution in [-0.2, 0) is 4.79 Å². The Morgan fingerprint density at radius 2 is 1.77 bits per heavy atom. The molecule has 0 radical (unpaired) electrons. The lowest BCUT2D eigenvalue weighted by Gasteiger charge is -2.28. The van der Waals surface area contributed by atoms with Crippen LogP contribution in [0.4, 0.5) is 4.39 Å². The molecule has 0 amide bonds. The number of hydrogen-bond donors (Lipinski definition) is 2. The molecule has 0 aromatic heterocycles. The van der Waals surface area contributed by atoms with Gasteiger partial charge in [-0.05, 0) is 65.6 Å². The second kappa shape index (κ2) is 9.59. The standard InChI is InChI=1S/C25H26FNO2.ClH/c1-16(20-8-4-6-17-5-2-3-7-21(17)20)27-24-14-13-22(23(24)15-25(28)29)18-9-11-19(26)12-10-18;/h2-12,16,22-24,27H,13-15H2,1H3,(H,28,29);1H. The summed E-state index contributed by atoms with van der Waals surface area (Å²) in [5.74, 6) is -0.936. The Labute approximate surface area is 182 Å². The van der Waals surface area contributed by atoms with Gasteiger partial charge in [0, 0.05) is 12.1 Å². The van der Waals surface area contributed by atoms with E-state index in [0.29, 0.717) is 0 Å². The maximum Gasteiger partial charge on any atom is 0.303 e. The summed E-state index contributed by atoms with van der Waals surface area (Å²) in [6.07, 6.45) is 1.93. The molecule has 0 aliphatic heterocycles. The van der Waals surface area contributed by atoms with Crippen molar-refractivity contribution in [3.8, 4) is 0 Å². The van der Waals surface area contributed by atoms with Crippen molar-refractivity contribution in [2.24, 2.45) is 5.92 Å². The van der Waals surface area contributed by atoms with E-state index < -0.39 is 5.97 Å². The van der Waals surface area contributed by atoms with Crippen molar-refractivity contribution in [3.63, 3.8) is 0 Å². The van der Waals surface area contributed by atoms with Gasteiger partial charge >= 0.3 is 5.97 Å². The molecule has 3 nitrogen and oxygen atoms in total. The predicted molar refractivity (Wildman–Crippen MR) is 121 cm³/mol. The smallest absolute Gasteiger partial charge is 0.303 e. The zero-order valence-corrected chi connectivity index (χ0v) is 17.7. The highest BCUT2D eigenvalue weighted by atomic mass is 35.5. The van der Waals surface area contributed by atoms with Crippen LogP contribution in [0.5, 0.6) is 0 Å². The van der Waals surface area contributed by atoms with E-state index in [1.165, 1.54) is 28.5 Å². The Hall–Kier alpha value is -2.43. The van der Waals surface area contributed by atoms with Gasteiger partial charge in [-0.25, -0.2) is 4.39 Å². The maximum atomic E-state index is 13.3. The van der Waals surface area contributed by atoms with E-state index >= 15 is 0 Å². The Bertz CT molecular complexity index is 1000. The molecule has 1 aliphatic carbocycles. The van der Waals surface area contributed by atoms with Crippen molar-refractivity contribution in [1.29, 1.82) is 0 Å². The Balaban J connectivity index is 0.00000256. The van der Waals surface area contributed by atoms with E-state index in [4.69, 9.17) is 0 Å². The van der Waals surface area contributed by atoms with E-state index in [9.17, 15) is 14.3 Å². The van der Waals surface area contributed by atoms with Gasteiger partial charge in [0.15, 0.2) is 0 Å². The molecular weight excluding hydrogens is 401 g/mol. The molecule has 1 fully saturated rings. The third-order valence-electron chi connectivity index (χ3n) is 6.28. The molecule has 158 valence electrons. The van der Waals surface area contributed by atoms with Gasteiger partial charge in [-0.1, -0.05) is 54.6 Å². The number of aliphatic carboxylic acids is 1. The molecule has 1 saturated carbocycles. The second-order valence-corrected chi connectivity index (χ2v) is 8.06. The van der Waals surface area contributed by atoms with Crippen LogP contribution in [0.25, 0.3) is 10.8 Å². The first-order valence-corrected chi connectivity index (χ1v) is 10.2. The van der Waals surface area contributed by atoms with E-state index in [1.54, 1.807) is 12.1 Å². The molecular formula is C25H27ClFNO2. The summed E-state index contributed by atoms with van der Waals surface area (Å²) in [5.41, 5.74) is 2.25. The fourth-order valence-electron chi connectivity index (χ4n) is 4.92. The molecule has 0 spiro atoms. The fraction of sp³-hybridized carbons (Fsp3) is 0.320. The summed E-state index contributed by atoms with van der Waals surface area (Å²) in [5, 5.41) is 15.6. The Morgan fingerprint density at radius 3 is 2.50 bits per heavy atom. The van der Waals surface area contributed by atoms with Crippen LogP contribution in [0.1, 0.15) is 49.3 Å². The van der Waals surface area contributed by atoms with Crippen LogP contribution in [0.3, 0.4) is 0 Å². The van der Waals surface area contributed by atoms with Crippen molar-refractivity contribution in [2.75, 3.05) is 0 Å². The van der Waals surface area contributed by atoms with Crippen molar-refractivity contribution in [1.82, 2.24) is 5.32 Å². The topological polar surface area (TPSA) is 49.3 Å². The molecule has 3 aromatic carbocycles. The fourth-order valence-corrected chi connectivity index (χ4v) is 4.92. The third-order valence-corrected chi connectivity index (χ3v) is 6.28. The first kappa shape index (κ1) is 22.3. The van der Waals surface area contributed by atoms with Gasteiger partial charge in [0.2, 0.25) is 0 Å². The molecule has 0 bridgehead atoms. The minimum atomic E-state index is -0.784. The second-order valence-electron chi connectivity index (χ2n) is 8.06. The van der Waals surface area contributed by atoms with Crippen molar-refractivity contribution < 1.29 is 14.3 Å². The van der Waals surface area contributed by atoms with E-state index in [0.717, 1.165) is 18.4 Å². The van der Waals surface area contributed by atoms with Gasteiger partial charge < -0.3 is 10.4 Å². The summed E-state index contributed by atoms with van der Waals surface area (Å²) < 4.78 is 13.3. The zero-order chi connectivity index (χ0) is 20.4. The van der Waals surface area contributed by atoms with Crippen molar-refractivity contribution >= 4 is 29.1 Å². The first-order valence-electron chi connectivity index (χ1n) is 10.2. The predicted octanol–water partition coefficient (Wildman–Crippen LogP) is 6.09. The number of hydrogen-bond acceptors (Lipinski definition) is 2. The number of benzene rings is 3. The maximum absolute atomic E-state index is 13.3. The van der Waals surface area contributed by atoms with E-state index in [2.05, 4.69) is 42.6 Å². The van der Waals surface area contributed by atoms with Crippen molar-refractivity contribution in [2.45, 2.75) is 44.2 Å². The largest absolute Gasteiger partial charge is 0.481 e. The van der Waals surface area contributed by atoms with E-state index in [1.807, 2.05) is 12.1 Å². The molecule has 1 aliphatic rings. The third kappa shape index (κ3) is 4.66. The zero-order valence-electron chi connectivity index (χ0n) is 16.9. The highest BCUT2D eigenvalue weighted by Crippen LogP contribution is 2.42. The van der Waals surface area contributed by atoms with Gasteiger partial charge in [-0.3, -0.25) is 4.79 Å². The SMILES string of the molecule is CC(NC1CCC(c2ccc(F)cc2)C1CC(=O)O)c1cccc2ccccc12.Cl. The molecule has 4 rings (SSSR count). The lowest BCUT2D eigenvalue weighted by Crippen LogP contribution is -2.36. The van der Waals surface area contributed by atoms with Gasteiger partial charge in [0.25, 0.3) is 0 Å². The van der Waals surface area contributed by atoms with Gasteiger partial charge in [-0.2, -0.15) is 0 Å². The molecule has 3 aromatic rings. The molecule has 4 atom stereocenters. The van der Waals surface area contributed by atoms with Crippen molar-refractivity contribution in [3.05, 3.63) is 83.7 Å². The minimum absolute atomic E-state index is 0. The highest BCUT2D eigenvalue weighted by molar-refractivity contribution is 5.86. The quantitative estimate of drug-likeness (QED) is 0.500. The summed E-state index contributed by atoms with van der Waals surface area (Å²) in [6, 6.07) is 21.4. The number of nitrogens with one attached hydrogen (secondary N) is 1. The lowest BCUT2D eigenvalue weighted by molar-refractivity contribution is -0.138. The average molecular weight is 428 g/mol. The summed E-state index contributed by atoms with van der Waals surface area (Å²) >= 11 is 0. The van der Waals surface area contributed by atoms with Crippen LogP contribution >= 0.6 is 12.4 Å². The minimum Gasteiger partial charge on any atom is -0.481 e. The van der Waals surface area contributed by atoms with Crippen LogP contribution < -0.4 is 5.32 Å². The first-order chi connectivity index (χ1) is 14.0. The molecule has 30 heavy (non-hydrogen) atoms. The van der Waals surface area contributed by atoms with Crippen LogP contribution in [-0.4, -0.2) is 17.1 Å². The van der Waals surface area contributed by atoms with Crippen LogP contribution in [0.15, 0.2) is 66.7 Å². The van der Waals surface area contributed by atoms with Gasteiger partial charge in [0.05, 0.1) is 6.42 Å². The monoisotopic (exact) mass is 427 g/mol. The molecule has 5 heteroatoms. The summed E-state index contributed by atoms with van der Waals surface area (Å²) in [4.78, 5) is 11.6. The summed E-state index contributed by atoms with van der Waals surface area (Å²) in [6.45, 7) is 2.14. The van der Waals surface area contributed by atoms with E-state index in [-0.39, 0.29) is 48.6 Å². The summed E-state index contributed by atoms with van der Waals surface area (Å²) in [7, 11) is 0. The Kier molecular flexibility index (Phi) is 7.11. The number of carbonyl (C=O) groups is 1. The molecule has 0 heterocycles. The lowest BCUT2D eigenvalue weighted by atomic mass is 9.84. The molecule has 0 saturated heterocycles. The number of rotatable bonds is 6. The number of carboxylic acids is 1.